The monoisotopic (exact) mass is 458 g/mol. The lowest BCUT2D eigenvalue weighted by Crippen LogP contribution is -1.95. The van der Waals surface area contributed by atoms with Gasteiger partial charge < -0.3 is 9.13 Å². The number of rotatable bonds is 2. The van der Waals surface area contributed by atoms with Gasteiger partial charge in [0.2, 0.25) is 0 Å². The highest BCUT2D eigenvalue weighted by Crippen LogP contribution is 2.42. The Morgan fingerprint density at radius 2 is 0.667 bits per heavy atom. The van der Waals surface area contributed by atoms with E-state index in [1.165, 1.54) is 65.8 Å². The van der Waals surface area contributed by atoms with E-state index in [1.54, 1.807) is 0 Å². The number of aromatic nitrogens is 2. The first-order valence-electron chi connectivity index (χ1n) is 12.4. The van der Waals surface area contributed by atoms with E-state index < -0.39 is 0 Å². The summed E-state index contributed by atoms with van der Waals surface area (Å²) in [6.45, 7) is 0. The average Bonchev–Trinajstić information content (AvgIpc) is 3.45. The number of fused-ring (bicyclic) bond motifs is 7. The molecular weight excluding hydrogens is 436 g/mol. The minimum Gasteiger partial charge on any atom is -0.306 e. The van der Waals surface area contributed by atoms with Crippen LogP contribution in [-0.4, -0.2) is 9.13 Å². The van der Waals surface area contributed by atoms with Crippen LogP contribution in [0.5, 0.6) is 0 Å². The largest absolute Gasteiger partial charge is 0.306 e. The highest BCUT2D eigenvalue weighted by Gasteiger charge is 2.22. The fourth-order valence-electron chi connectivity index (χ4n) is 5.99. The Hall–Kier alpha value is -4.82. The van der Waals surface area contributed by atoms with Crippen molar-refractivity contribution in [3.63, 3.8) is 0 Å². The second kappa shape index (κ2) is 7.34. The zero-order valence-electron chi connectivity index (χ0n) is 19.6. The van der Waals surface area contributed by atoms with Gasteiger partial charge in [0.15, 0.2) is 0 Å². The van der Waals surface area contributed by atoms with Crippen molar-refractivity contribution in [3.05, 3.63) is 133 Å². The Morgan fingerprint density at radius 3 is 1.14 bits per heavy atom. The first kappa shape index (κ1) is 19.5. The van der Waals surface area contributed by atoms with E-state index in [0.29, 0.717) is 0 Å². The Labute approximate surface area is 208 Å². The molecule has 0 saturated heterocycles. The molecule has 0 radical (unpaired) electrons. The summed E-state index contributed by atoms with van der Waals surface area (Å²) in [7, 11) is 0. The normalized spacial score (nSPS) is 11.9. The molecule has 0 aliphatic rings. The van der Waals surface area contributed by atoms with Crippen molar-refractivity contribution in [3.8, 4) is 11.4 Å². The molecule has 8 rings (SSSR count). The fraction of sp³-hybridized carbons (Fsp3) is 0. The van der Waals surface area contributed by atoms with Gasteiger partial charge in [-0.15, -0.1) is 0 Å². The van der Waals surface area contributed by atoms with Crippen LogP contribution in [0.1, 0.15) is 0 Å². The van der Waals surface area contributed by atoms with Crippen molar-refractivity contribution in [2.24, 2.45) is 0 Å². The molecule has 6 aromatic carbocycles. The number of benzene rings is 6. The molecule has 0 spiro atoms. The van der Waals surface area contributed by atoms with Crippen LogP contribution in [0.15, 0.2) is 133 Å². The molecule has 0 saturated carbocycles. The molecule has 2 aromatic heterocycles. The average molecular weight is 459 g/mol. The molecule has 0 amide bonds. The highest BCUT2D eigenvalue weighted by atomic mass is 15.1. The van der Waals surface area contributed by atoms with Crippen molar-refractivity contribution >= 4 is 54.4 Å². The van der Waals surface area contributed by atoms with Gasteiger partial charge in [-0.1, -0.05) is 109 Å². The second-order valence-corrected chi connectivity index (χ2v) is 9.40. The number of hydrogen-bond acceptors (Lipinski definition) is 0. The first-order valence-corrected chi connectivity index (χ1v) is 12.4. The van der Waals surface area contributed by atoms with Crippen molar-refractivity contribution in [2.45, 2.75) is 0 Å². The smallest absolute Gasteiger partial charge is 0.0804 e. The standard InChI is InChI=1S/C34H22N2/c1-3-15-25-23(11-1)13-9-21-29(25)35-31-19-7-5-17-27(31)34-33(35)28-18-6-8-20-32(28)36(34)30-22-10-14-24-12-2-4-16-26(24)30/h1-22H. The minimum absolute atomic E-state index is 1.21. The third-order valence-corrected chi connectivity index (χ3v) is 7.49. The van der Waals surface area contributed by atoms with Crippen molar-refractivity contribution < 1.29 is 0 Å². The molecule has 8 aromatic rings. The summed E-state index contributed by atoms with van der Waals surface area (Å²) in [5.74, 6) is 0. The maximum absolute atomic E-state index is 2.47. The van der Waals surface area contributed by atoms with Crippen molar-refractivity contribution in [1.82, 2.24) is 9.13 Å². The molecule has 0 atom stereocenters. The molecule has 2 heterocycles. The van der Waals surface area contributed by atoms with E-state index in [4.69, 9.17) is 0 Å². The Balaban J connectivity index is 1.64. The summed E-state index contributed by atoms with van der Waals surface area (Å²) in [6.07, 6.45) is 0. The van der Waals surface area contributed by atoms with Crippen LogP contribution in [-0.2, 0) is 0 Å². The maximum Gasteiger partial charge on any atom is 0.0804 e. The third-order valence-electron chi connectivity index (χ3n) is 7.49. The molecule has 0 unspecified atom stereocenters. The van der Waals surface area contributed by atoms with Crippen molar-refractivity contribution in [2.75, 3.05) is 0 Å². The van der Waals surface area contributed by atoms with E-state index in [0.717, 1.165) is 0 Å². The summed E-state index contributed by atoms with van der Waals surface area (Å²) in [4.78, 5) is 0. The van der Waals surface area contributed by atoms with Gasteiger partial charge in [0.25, 0.3) is 0 Å². The molecule has 0 bridgehead atoms. The zero-order chi connectivity index (χ0) is 23.6. The molecule has 0 aliphatic carbocycles. The van der Waals surface area contributed by atoms with Gasteiger partial charge in [0.1, 0.15) is 0 Å². The maximum atomic E-state index is 2.47. The predicted molar refractivity (Wildman–Crippen MR) is 153 cm³/mol. The zero-order valence-corrected chi connectivity index (χ0v) is 19.6. The Kier molecular flexibility index (Phi) is 3.97. The molecule has 2 heteroatoms. The predicted octanol–water partition coefficient (Wildman–Crippen LogP) is 9.03. The van der Waals surface area contributed by atoms with Crippen LogP contribution in [0.4, 0.5) is 0 Å². The van der Waals surface area contributed by atoms with Gasteiger partial charge in [-0.05, 0) is 35.0 Å². The fourth-order valence-corrected chi connectivity index (χ4v) is 5.99. The van der Waals surface area contributed by atoms with E-state index in [-0.39, 0.29) is 0 Å². The Morgan fingerprint density at radius 1 is 0.306 bits per heavy atom. The summed E-state index contributed by atoms with van der Waals surface area (Å²) in [5.41, 5.74) is 7.35. The second-order valence-electron chi connectivity index (χ2n) is 9.40. The van der Waals surface area contributed by atoms with Crippen molar-refractivity contribution in [1.29, 1.82) is 0 Å². The number of para-hydroxylation sites is 2. The van der Waals surface area contributed by atoms with Crippen LogP contribution in [0.3, 0.4) is 0 Å². The summed E-state index contributed by atoms with van der Waals surface area (Å²) in [5, 5.41) is 7.51. The highest BCUT2D eigenvalue weighted by molar-refractivity contribution is 6.21. The van der Waals surface area contributed by atoms with Gasteiger partial charge in [0, 0.05) is 21.5 Å². The van der Waals surface area contributed by atoms with Gasteiger partial charge >= 0.3 is 0 Å². The van der Waals surface area contributed by atoms with Crippen LogP contribution in [0.2, 0.25) is 0 Å². The van der Waals surface area contributed by atoms with Crippen LogP contribution >= 0.6 is 0 Å². The molecule has 2 nitrogen and oxygen atoms in total. The minimum atomic E-state index is 1.21. The first-order chi connectivity index (χ1) is 17.9. The molecule has 0 aliphatic heterocycles. The van der Waals surface area contributed by atoms with Crippen LogP contribution in [0.25, 0.3) is 65.8 Å². The lowest BCUT2D eigenvalue weighted by molar-refractivity contribution is 1.19. The lowest BCUT2D eigenvalue weighted by atomic mass is 10.1. The van der Waals surface area contributed by atoms with Gasteiger partial charge in [0.05, 0.1) is 33.4 Å². The molecular formula is C34H22N2. The van der Waals surface area contributed by atoms with Gasteiger partial charge in [-0.3, -0.25) is 0 Å². The number of hydrogen-bond donors (Lipinski definition) is 0. The lowest BCUT2D eigenvalue weighted by Gasteiger charge is -2.12. The third kappa shape index (κ3) is 2.56. The summed E-state index contributed by atoms with van der Waals surface area (Å²) in [6, 6.07) is 48.2. The number of nitrogens with zero attached hydrogens (tertiary/aromatic N) is 2. The van der Waals surface area contributed by atoms with E-state index in [9.17, 15) is 0 Å². The molecule has 36 heavy (non-hydrogen) atoms. The van der Waals surface area contributed by atoms with E-state index in [2.05, 4.69) is 143 Å². The van der Waals surface area contributed by atoms with Gasteiger partial charge in [-0.2, -0.15) is 0 Å². The van der Waals surface area contributed by atoms with Crippen LogP contribution < -0.4 is 0 Å². The Bertz CT molecular complexity index is 1940. The molecule has 0 fully saturated rings. The SMILES string of the molecule is c1ccc2c(-n3c4ccccc4c4c3c3ccccc3n4-c3cccc4ccccc34)cccc2c1. The van der Waals surface area contributed by atoms with Gasteiger partial charge in [-0.25, -0.2) is 0 Å². The van der Waals surface area contributed by atoms with E-state index >= 15 is 0 Å². The van der Waals surface area contributed by atoms with Crippen LogP contribution in [0, 0.1) is 0 Å². The summed E-state index contributed by atoms with van der Waals surface area (Å²) < 4.78 is 4.94. The topological polar surface area (TPSA) is 9.86 Å². The molecule has 168 valence electrons. The molecule has 0 N–H and O–H groups in total. The quantitative estimate of drug-likeness (QED) is 0.244. The summed E-state index contributed by atoms with van der Waals surface area (Å²) >= 11 is 0. The van der Waals surface area contributed by atoms with E-state index in [1.807, 2.05) is 0 Å².